The van der Waals surface area contributed by atoms with Gasteiger partial charge in [0, 0.05) is 18.8 Å². The smallest absolute Gasteiger partial charge is 0.277 e. The maximum atomic E-state index is 11.8. The first-order valence-corrected chi connectivity index (χ1v) is 8.60. The minimum Gasteiger partial charge on any atom is -0.493 e. The van der Waals surface area contributed by atoms with E-state index in [2.05, 4.69) is 29.3 Å². The van der Waals surface area contributed by atoms with Crippen LogP contribution in [0.1, 0.15) is 19.4 Å². The van der Waals surface area contributed by atoms with E-state index >= 15 is 0 Å². The Bertz CT molecular complexity index is 725. The molecule has 0 aliphatic heterocycles. The van der Waals surface area contributed by atoms with Crippen molar-refractivity contribution >= 4 is 17.8 Å². The van der Waals surface area contributed by atoms with Gasteiger partial charge in [-0.25, -0.2) is 5.43 Å². The summed E-state index contributed by atoms with van der Waals surface area (Å²) in [7, 11) is 1.55. The molecule has 138 valence electrons. The van der Waals surface area contributed by atoms with Gasteiger partial charge in [-0.2, -0.15) is 5.10 Å². The van der Waals surface area contributed by atoms with Gasteiger partial charge in [-0.3, -0.25) is 4.79 Å². The quantitative estimate of drug-likeness (QED) is 0.555. The SMILES string of the molecule is CCN(CC)c1ccc(/C=N/NC(=O)COc2ccccc2OC)cc1. The van der Waals surface area contributed by atoms with Crippen molar-refractivity contribution in [1.82, 2.24) is 5.43 Å². The second-order valence-corrected chi connectivity index (χ2v) is 5.50. The molecule has 0 heterocycles. The molecule has 2 aromatic carbocycles. The second-order valence-electron chi connectivity index (χ2n) is 5.50. The lowest BCUT2D eigenvalue weighted by molar-refractivity contribution is -0.123. The molecule has 0 saturated heterocycles. The third-order valence-corrected chi connectivity index (χ3v) is 3.85. The van der Waals surface area contributed by atoms with Crippen molar-refractivity contribution in [3.8, 4) is 11.5 Å². The standard InChI is InChI=1S/C20H25N3O3/c1-4-23(5-2)17-12-10-16(11-13-17)14-21-22-20(24)15-26-19-9-7-6-8-18(19)25-3/h6-14H,4-5,15H2,1-3H3,(H,22,24)/b21-14+. The number of amides is 1. The summed E-state index contributed by atoms with van der Waals surface area (Å²) in [6, 6.07) is 15.2. The van der Waals surface area contributed by atoms with Crippen LogP contribution in [0, 0.1) is 0 Å². The molecule has 0 unspecified atom stereocenters. The fourth-order valence-electron chi connectivity index (χ4n) is 2.45. The van der Waals surface area contributed by atoms with E-state index in [1.807, 2.05) is 36.4 Å². The normalized spacial score (nSPS) is 10.6. The zero-order valence-corrected chi connectivity index (χ0v) is 15.4. The topological polar surface area (TPSA) is 63.2 Å². The molecular formula is C20H25N3O3. The van der Waals surface area contributed by atoms with Crippen LogP contribution in [-0.2, 0) is 4.79 Å². The molecule has 0 radical (unpaired) electrons. The number of hydrogen-bond acceptors (Lipinski definition) is 5. The molecule has 0 spiro atoms. The van der Waals surface area contributed by atoms with Crippen LogP contribution in [0.4, 0.5) is 5.69 Å². The third-order valence-electron chi connectivity index (χ3n) is 3.85. The average molecular weight is 355 g/mol. The number of carbonyl (C=O) groups excluding carboxylic acids is 1. The van der Waals surface area contributed by atoms with Crippen LogP contribution < -0.4 is 19.8 Å². The predicted octanol–water partition coefficient (Wildman–Crippen LogP) is 3.07. The molecule has 2 aromatic rings. The maximum absolute atomic E-state index is 11.8. The molecule has 0 aliphatic rings. The molecule has 1 amide bonds. The Labute approximate surface area is 154 Å². The highest BCUT2D eigenvalue weighted by atomic mass is 16.5. The van der Waals surface area contributed by atoms with Crippen molar-refractivity contribution in [2.45, 2.75) is 13.8 Å². The van der Waals surface area contributed by atoms with Crippen LogP contribution in [-0.4, -0.2) is 38.9 Å². The molecule has 2 rings (SSSR count). The predicted molar refractivity (Wildman–Crippen MR) is 104 cm³/mol. The Kier molecular flexibility index (Phi) is 7.49. The minimum atomic E-state index is -0.341. The van der Waals surface area contributed by atoms with Crippen molar-refractivity contribution in [2.24, 2.45) is 5.10 Å². The minimum absolute atomic E-state index is 0.140. The Hall–Kier alpha value is -3.02. The molecule has 6 nitrogen and oxygen atoms in total. The largest absolute Gasteiger partial charge is 0.493 e. The number of hydrogen-bond donors (Lipinski definition) is 1. The fraction of sp³-hybridized carbons (Fsp3) is 0.300. The van der Waals surface area contributed by atoms with Crippen LogP contribution in [0.15, 0.2) is 53.6 Å². The molecule has 0 aromatic heterocycles. The summed E-state index contributed by atoms with van der Waals surface area (Å²) in [5.41, 5.74) is 4.53. The summed E-state index contributed by atoms with van der Waals surface area (Å²) in [5.74, 6) is 0.755. The Morgan fingerprint density at radius 1 is 1.08 bits per heavy atom. The van der Waals surface area contributed by atoms with Crippen molar-refractivity contribution in [3.05, 3.63) is 54.1 Å². The number of anilines is 1. The number of ether oxygens (including phenoxy) is 2. The number of hydrazone groups is 1. The van der Waals surface area contributed by atoms with Crippen LogP contribution in [0.25, 0.3) is 0 Å². The molecule has 6 heteroatoms. The van der Waals surface area contributed by atoms with Gasteiger partial charge in [0.15, 0.2) is 18.1 Å². The number of rotatable bonds is 9. The van der Waals surface area contributed by atoms with E-state index in [1.165, 1.54) is 5.69 Å². The molecule has 0 aliphatic carbocycles. The van der Waals surface area contributed by atoms with E-state index in [-0.39, 0.29) is 12.5 Å². The van der Waals surface area contributed by atoms with E-state index < -0.39 is 0 Å². The van der Waals surface area contributed by atoms with E-state index in [9.17, 15) is 4.79 Å². The fourth-order valence-corrected chi connectivity index (χ4v) is 2.45. The van der Waals surface area contributed by atoms with E-state index in [1.54, 1.807) is 25.5 Å². The summed E-state index contributed by atoms with van der Waals surface area (Å²) in [5, 5.41) is 3.96. The van der Waals surface area contributed by atoms with Gasteiger partial charge in [0.1, 0.15) is 0 Å². The Balaban J connectivity index is 1.83. The monoisotopic (exact) mass is 355 g/mol. The highest BCUT2D eigenvalue weighted by Crippen LogP contribution is 2.25. The number of methoxy groups -OCH3 is 1. The van der Waals surface area contributed by atoms with Crippen molar-refractivity contribution in [2.75, 3.05) is 31.7 Å². The van der Waals surface area contributed by atoms with Gasteiger partial charge >= 0.3 is 0 Å². The molecule has 0 fully saturated rings. The first-order chi connectivity index (χ1) is 12.7. The maximum Gasteiger partial charge on any atom is 0.277 e. The van der Waals surface area contributed by atoms with Gasteiger partial charge in [-0.05, 0) is 43.7 Å². The first kappa shape index (κ1) is 19.3. The highest BCUT2D eigenvalue weighted by molar-refractivity contribution is 5.83. The highest BCUT2D eigenvalue weighted by Gasteiger charge is 2.06. The molecular weight excluding hydrogens is 330 g/mol. The summed E-state index contributed by atoms with van der Waals surface area (Å²) in [4.78, 5) is 14.1. The van der Waals surface area contributed by atoms with E-state index in [0.717, 1.165) is 18.7 Å². The Morgan fingerprint density at radius 2 is 1.73 bits per heavy atom. The molecule has 0 bridgehead atoms. The molecule has 1 N–H and O–H groups in total. The van der Waals surface area contributed by atoms with Crippen molar-refractivity contribution in [3.63, 3.8) is 0 Å². The van der Waals surface area contributed by atoms with Gasteiger partial charge in [-0.15, -0.1) is 0 Å². The van der Waals surface area contributed by atoms with E-state index in [0.29, 0.717) is 11.5 Å². The number of benzene rings is 2. The molecule has 0 atom stereocenters. The zero-order chi connectivity index (χ0) is 18.8. The molecule has 0 saturated carbocycles. The van der Waals surface area contributed by atoms with Gasteiger partial charge < -0.3 is 14.4 Å². The summed E-state index contributed by atoms with van der Waals surface area (Å²) in [6.45, 7) is 6.04. The van der Waals surface area contributed by atoms with Gasteiger partial charge in [0.2, 0.25) is 0 Å². The van der Waals surface area contributed by atoms with Gasteiger partial charge in [0.05, 0.1) is 13.3 Å². The summed E-state index contributed by atoms with van der Waals surface area (Å²) >= 11 is 0. The lowest BCUT2D eigenvalue weighted by Crippen LogP contribution is -2.24. The van der Waals surface area contributed by atoms with Crippen LogP contribution in [0.2, 0.25) is 0 Å². The lowest BCUT2D eigenvalue weighted by atomic mass is 10.2. The van der Waals surface area contributed by atoms with E-state index in [4.69, 9.17) is 9.47 Å². The summed E-state index contributed by atoms with van der Waals surface area (Å²) in [6.07, 6.45) is 1.60. The first-order valence-electron chi connectivity index (χ1n) is 8.60. The zero-order valence-electron chi connectivity index (χ0n) is 15.4. The van der Waals surface area contributed by atoms with Crippen LogP contribution >= 0.6 is 0 Å². The van der Waals surface area contributed by atoms with Gasteiger partial charge in [0.25, 0.3) is 5.91 Å². The van der Waals surface area contributed by atoms with Crippen LogP contribution in [0.5, 0.6) is 11.5 Å². The third kappa shape index (κ3) is 5.51. The molecule has 26 heavy (non-hydrogen) atoms. The average Bonchev–Trinajstić information content (AvgIpc) is 2.68. The van der Waals surface area contributed by atoms with Crippen molar-refractivity contribution in [1.29, 1.82) is 0 Å². The number of nitrogens with one attached hydrogen (secondary N) is 1. The summed E-state index contributed by atoms with van der Waals surface area (Å²) < 4.78 is 10.6. The van der Waals surface area contributed by atoms with Gasteiger partial charge in [-0.1, -0.05) is 24.3 Å². The number of carbonyl (C=O) groups is 1. The lowest BCUT2D eigenvalue weighted by Gasteiger charge is -2.20. The van der Waals surface area contributed by atoms with Crippen molar-refractivity contribution < 1.29 is 14.3 Å². The number of nitrogens with zero attached hydrogens (tertiary/aromatic N) is 2. The van der Waals surface area contributed by atoms with Crippen LogP contribution in [0.3, 0.4) is 0 Å². The second kappa shape index (κ2) is 10.1. The number of para-hydroxylation sites is 2. The Morgan fingerprint density at radius 3 is 2.35 bits per heavy atom.